The van der Waals surface area contributed by atoms with Crippen molar-refractivity contribution in [2.24, 2.45) is 0 Å². The smallest absolute Gasteiger partial charge is 0.477 e. The van der Waals surface area contributed by atoms with Crippen molar-refractivity contribution in [2.45, 2.75) is 13.5 Å². The summed E-state index contributed by atoms with van der Waals surface area (Å²) in [5.74, 6) is -1.08. The number of carbonyl (C=O) groups excluding carboxylic acids is 1. The molecule has 0 saturated carbocycles. The summed E-state index contributed by atoms with van der Waals surface area (Å²) in [4.78, 5) is 30.9. The third-order valence-electron chi connectivity index (χ3n) is 2.41. The van der Waals surface area contributed by atoms with E-state index in [4.69, 9.17) is 9.84 Å². The van der Waals surface area contributed by atoms with Gasteiger partial charge in [0.05, 0.1) is 5.69 Å². The highest BCUT2D eigenvalue weighted by Gasteiger charge is 2.15. The Hall–Kier alpha value is -2.61. The number of carboxylic acids is 1. The molecular formula is C13H12N2O5S. The van der Waals surface area contributed by atoms with E-state index < -0.39 is 12.1 Å². The second-order valence-corrected chi connectivity index (χ2v) is 4.97. The lowest BCUT2D eigenvalue weighted by Crippen LogP contribution is -2.12. The Kier molecular flexibility index (Phi) is 4.72. The van der Waals surface area contributed by atoms with Gasteiger partial charge in [-0.1, -0.05) is 41.7 Å². The molecule has 0 aliphatic rings. The number of aromatic carboxylic acids is 1. The number of nitrogens with one attached hydrogen (secondary N) is 1. The van der Waals surface area contributed by atoms with Crippen molar-refractivity contribution in [2.75, 3.05) is 5.48 Å². The maximum absolute atomic E-state index is 11.4. The Morgan fingerprint density at radius 3 is 2.67 bits per heavy atom. The Labute approximate surface area is 124 Å². The molecule has 2 N–H and O–H groups in total. The maximum atomic E-state index is 11.4. The Balaban J connectivity index is 1.81. The van der Waals surface area contributed by atoms with E-state index in [9.17, 15) is 9.59 Å². The van der Waals surface area contributed by atoms with E-state index >= 15 is 0 Å². The highest BCUT2D eigenvalue weighted by molar-refractivity contribution is 7.17. The Bertz CT molecular complexity index is 641. The van der Waals surface area contributed by atoms with Crippen LogP contribution in [0.25, 0.3) is 0 Å². The van der Waals surface area contributed by atoms with Gasteiger partial charge in [0, 0.05) is 0 Å². The molecule has 0 saturated heterocycles. The van der Waals surface area contributed by atoms with Crippen LogP contribution >= 0.6 is 11.3 Å². The van der Waals surface area contributed by atoms with Gasteiger partial charge in [0.2, 0.25) is 5.13 Å². The predicted octanol–water partition coefficient (Wildman–Crippen LogP) is 2.83. The Morgan fingerprint density at radius 1 is 1.33 bits per heavy atom. The van der Waals surface area contributed by atoms with Crippen LogP contribution in [0.2, 0.25) is 0 Å². The van der Waals surface area contributed by atoms with Crippen LogP contribution < -0.4 is 5.48 Å². The molecule has 0 aliphatic heterocycles. The van der Waals surface area contributed by atoms with Gasteiger partial charge in [0.15, 0.2) is 0 Å². The van der Waals surface area contributed by atoms with Crippen molar-refractivity contribution in [3.63, 3.8) is 0 Å². The molecule has 1 heterocycles. The number of hydrogen-bond acceptors (Lipinski definition) is 7. The van der Waals surface area contributed by atoms with Crippen molar-refractivity contribution in [3.8, 4) is 0 Å². The quantitative estimate of drug-likeness (QED) is 0.647. The van der Waals surface area contributed by atoms with Gasteiger partial charge in [-0.2, -0.15) is 5.48 Å². The molecule has 8 heteroatoms. The summed E-state index contributed by atoms with van der Waals surface area (Å²) >= 11 is 0.870. The molecule has 0 spiro atoms. The molecule has 2 aromatic rings. The fraction of sp³-hybridized carbons (Fsp3) is 0.154. The summed E-state index contributed by atoms with van der Waals surface area (Å²) in [6.45, 7) is 1.64. The van der Waals surface area contributed by atoms with E-state index in [1.165, 1.54) is 0 Å². The number of hydrogen-bond donors (Lipinski definition) is 2. The first-order chi connectivity index (χ1) is 10.1. The summed E-state index contributed by atoms with van der Waals surface area (Å²) in [7, 11) is 0. The number of carboxylic acid groups (broad SMARTS) is 1. The fourth-order valence-corrected chi connectivity index (χ4v) is 2.21. The predicted molar refractivity (Wildman–Crippen MR) is 75.1 cm³/mol. The van der Waals surface area contributed by atoms with Gasteiger partial charge < -0.3 is 14.7 Å². The van der Waals surface area contributed by atoms with Crippen molar-refractivity contribution in [1.29, 1.82) is 0 Å². The lowest BCUT2D eigenvalue weighted by atomic mass is 10.2. The van der Waals surface area contributed by atoms with Crippen molar-refractivity contribution in [3.05, 3.63) is 46.5 Å². The molecule has 0 fully saturated rings. The number of nitrogens with zero attached hydrogens (tertiary/aromatic N) is 1. The van der Waals surface area contributed by atoms with Gasteiger partial charge in [-0.15, -0.1) is 0 Å². The van der Waals surface area contributed by atoms with Crippen molar-refractivity contribution in [1.82, 2.24) is 4.98 Å². The van der Waals surface area contributed by atoms with Crippen LogP contribution in [0.4, 0.5) is 9.93 Å². The number of aryl methyl sites for hydroxylation is 1. The largest absolute Gasteiger partial charge is 0.533 e. The van der Waals surface area contributed by atoms with E-state index in [2.05, 4.69) is 15.3 Å². The highest BCUT2D eigenvalue weighted by Crippen LogP contribution is 2.22. The highest BCUT2D eigenvalue weighted by atomic mass is 32.1. The number of anilines is 1. The summed E-state index contributed by atoms with van der Waals surface area (Å²) in [5.41, 5.74) is 3.44. The summed E-state index contributed by atoms with van der Waals surface area (Å²) < 4.78 is 4.87. The van der Waals surface area contributed by atoms with Gasteiger partial charge in [-0.25, -0.2) is 14.6 Å². The van der Waals surface area contributed by atoms with E-state index in [-0.39, 0.29) is 16.6 Å². The van der Waals surface area contributed by atoms with Gasteiger partial charge >= 0.3 is 12.1 Å². The van der Waals surface area contributed by atoms with E-state index in [0.717, 1.165) is 16.9 Å². The number of aromatic nitrogens is 1. The van der Waals surface area contributed by atoms with Gasteiger partial charge in [0.25, 0.3) is 0 Å². The third-order valence-corrected chi connectivity index (χ3v) is 3.45. The van der Waals surface area contributed by atoms with Crippen LogP contribution in [0.3, 0.4) is 0 Å². The molecule has 0 bridgehead atoms. The molecule has 7 nitrogen and oxygen atoms in total. The second-order valence-electron chi connectivity index (χ2n) is 3.97. The molecule has 0 amide bonds. The van der Waals surface area contributed by atoms with Crippen LogP contribution in [-0.4, -0.2) is 22.2 Å². The number of thiazole rings is 1. The number of ether oxygens (including phenoxy) is 1. The van der Waals surface area contributed by atoms with Crippen LogP contribution in [0.1, 0.15) is 20.9 Å². The summed E-state index contributed by atoms with van der Waals surface area (Å²) in [6.07, 6.45) is -0.927. The molecule has 21 heavy (non-hydrogen) atoms. The average molecular weight is 308 g/mol. The standard InChI is InChI=1S/C13H12N2O5S/c1-8-10(11(16)17)21-12(14-8)15-20-13(18)19-7-9-5-3-2-4-6-9/h2-6H,7H2,1H3,(H,14,15)(H,16,17). The number of carbonyl (C=O) groups is 2. The minimum atomic E-state index is -1.08. The van der Waals surface area contributed by atoms with Crippen molar-refractivity contribution < 1.29 is 24.3 Å². The molecule has 0 aliphatic carbocycles. The number of benzene rings is 1. The van der Waals surface area contributed by atoms with E-state index in [0.29, 0.717) is 5.69 Å². The molecule has 110 valence electrons. The zero-order valence-electron chi connectivity index (χ0n) is 11.0. The van der Waals surface area contributed by atoms with Gasteiger partial charge in [-0.3, -0.25) is 0 Å². The first-order valence-electron chi connectivity index (χ1n) is 5.90. The first-order valence-corrected chi connectivity index (χ1v) is 6.72. The summed E-state index contributed by atoms with van der Waals surface area (Å²) in [5, 5.41) is 9.04. The Morgan fingerprint density at radius 2 is 2.05 bits per heavy atom. The van der Waals surface area contributed by atoms with E-state index in [1.807, 2.05) is 30.3 Å². The zero-order valence-corrected chi connectivity index (χ0v) is 11.8. The monoisotopic (exact) mass is 308 g/mol. The van der Waals surface area contributed by atoms with Crippen LogP contribution in [0.15, 0.2) is 30.3 Å². The normalized spacial score (nSPS) is 9.95. The molecule has 0 unspecified atom stereocenters. The second kappa shape index (κ2) is 6.71. The lowest BCUT2D eigenvalue weighted by molar-refractivity contribution is 0.0658. The zero-order chi connectivity index (χ0) is 15.2. The van der Waals surface area contributed by atoms with Crippen LogP contribution in [-0.2, 0) is 16.2 Å². The molecule has 0 atom stereocenters. The molecular weight excluding hydrogens is 296 g/mol. The minimum Gasteiger partial charge on any atom is -0.477 e. The SMILES string of the molecule is Cc1nc(NOC(=O)OCc2ccccc2)sc1C(=O)O. The molecule has 1 aromatic heterocycles. The number of rotatable bonds is 5. The molecule has 0 radical (unpaired) electrons. The lowest BCUT2D eigenvalue weighted by Gasteiger charge is -2.05. The third kappa shape index (κ3) is 4.18. The minimum absolute atomic E-state index is 0.0820. The average Bonchev–Trinajstić information content (AvgIpc) is 2.85. The van der Waals surface area contributed by atoms with Crippen LogP contribution in [0.5, 0.6) is 0 Å². The van der Waals surface area contributed by atoms with Crippen LogP contribution in [0, 0.1) is 6.92 Å². The van der Waals surface area contributed by atoms with E-state index in [1.54, 1.807) is 6.92 Å². The van der Waals surface area contributed by atoms with Gasteiger partial charge in [0.1, 0.15) is 11.5 Å². The van der Waals surface area contributed by atoms with Gasteiger partial charge in [-0.05, 0) is 12.5 Å². The first kappa shape index (κ1) is 14.8. The maximum Gasteiger partial charge on any atom is 0.533 e. The molecule has 1 aromatic carbocycles. The topological polar surface area (TPSA) is 97.8 Å². The fourth-order valence-electron chi connectivity index (χ4n) is 1.47. The summed E-state index contributed by atoms with van der Waals surface area (Å²) in [6, 6.07) is 9.13. The van der Waals surface area contributed by atoms with Crippen molar-refractivity contribution >= 4 is 28.6 Å². The molecule has 2 rings (SSSR count).